The molecule has 0 aliphatic rings. The minimum absolute atomic E-state index is 0.140. The number of carbonyl (C=O) groups excluding carboxylic acids is 1. The molecule has 0 aliphatic carbocycles. The van der Waals surface area contributed by atoms with Gasteiger partial charge in [-0.2, -0.15) is 0 Å². The number of hydrogen-bond donors (Lipinski definition) is 3. The quantitative estimate of drug-likeness (QED) is 0.441. The number of aliphatic hydroxyl groups excluding tert-OH is 1. The van der Waals surface area contributed by atoms with E-state index in [0.717, 1.165) is 12.8 Å². The van der Waals surface area contributed by atoms with Crippen molar-refractivity contribution in [2.45, 2.75) is 52.2 Å². The molecular formula is C17H27N3O3S. The Morgan fingerprint density at radius 2 is 2.17 bits per heavy atom. The molecule has 0 aromatic carbocycles. The Bertz CT molecular complexity index is 549. The number of aromatic nitrogens is 1. The van der Waals surface area contributed by atoms with Crippen LogP contribution in [0.3, 0.4) is 0 Å². The van der Waals surface area contributed by atoms with E-state index in [0.29, 0.717) is 35.6 Å². The normalized spacial score (nSPS) is 11.7. The van der Waals surface area contributed by atoms with Crippen LogP contribution in [0.15, 0.2) is 6.20 Å². The molecule has 1 unspecified atom stereocenters. The summed E-state index contributed by atoms with van der Waals surface area (Å²) >= 11 is 1.17. The molecule has 1 amide bonds. The van der Waals surface area contributed by atoms with Gasteiger partial charge in [0.2, 0.25) is 0 Å². The number of amides is 1. The lowest BCUT2D eigenvalue weighted by atomic mass is 10.3. The second kappa shape index (κ2) is 11.8. The summed E-state index contributed by atoms with van der Waals surface area (Å²) in [7, 11) is 0. The third-order valence-corrected chi connectivity index (χ3v) is 3.81. The van der Waals surface area contributed by atoms with Crippen LogP contribution in [0.5, 0.6) is 5.19 Å². The predicted octanol–water partition coefficient (Wildman–Crippen LogP) is 1.80. The molecule has 0 spiro atoms. The van der Waals surface area contributed by atoms with Gasteiger partial charge in [0.05, 0.1) is 6.20 Å². The van der Waals surface area contributed by atoms with E-state index in [-0.39, 0.29) is 12.5 Å². The van der Waals surface area contributed by atoms with Crippen LogP contribution in [0.2, 0.25) is 0 Å². The molecule has 6 nitrogen and oxygen atoms in total. The fourth-order valence-corrected chi connectivity index (χ4v) is 2.35. The van der Waals surface area contributed by atoms with Crippen molar-refractivity contribution < 1.29 is 14.6 Å². The van der Waals surface area contributed by atoms with E-state index in [2.05, 4.69) is 34.4 Å². The van der Waals surface area contributed by atoms with Crippen LogP contribution >= 0.6 is 11.3 Å². The molecule has 1 aromatic heterocycles. The van der Waals surface area contributed by atoms with Gasteiger partial charge in [0, 0.05) is 32.0 Å². The van der Waals surface area contributed by atoms with Crippen LogP contribution < -0.4 is 15.4 Å². The van der Waals surface area contributed by atoms with Gasteiger partial charge in [-0.3, -0.25) is 4.79 Å². The maximum Gasteiger partial charge on any atom is 0.273 e. The summed E-state index contributed by atoms with van der Waals surface area (Å²) < 4.78 is 5.42. The molecule has 134 valence electrons. The zero-order valence-corrected chi connectivity index (χ0v) is 15.4. The van der Waals surface area contributed by atoms with E-state index in [1.165, 1.54) is 17.5 Å². The molecule has 1 aromatic rings. The number of nitrogens with zero attached hydrogens (tertiary/aromatic N) is 1. The van der Waals surface area contributed by atoms with Crippen molar-refractivity contribution in [2.24, 2.45) is 0 Å². The van der Waals surface area contributed by atoms with Gasteiger partial charge in [-0.1, -0.05) is 32.1 Å². The van der Waals surface area contributed by atoms with Crippen LogP contribution in [0.4, 0.5) is 0 Å². The monoisotopic (exact) mass is 353 g/mol. The van der Waals surface area contributed by atoms with Gasteiger partial charge in [0.25, 0.3) is 11.1 Å². The molecule has 3 N–H and O–H groups in total. The Kier molecular flexibility index (Phi) is 10.1. The number of aliphatic hydroxyl groups is 1. The largest absolute Gasteiger partial charge is 0.467 e. The minimum Gasteiger partial charge on any atom is -0.467 e. The van der Waals surface area contributed by atoms with Crippen molar-refractivity contribution in [2.75, 3.05) is 19.7 Å². The lowest BCUT2D eigenvalue weighted by molar-refractivity contribution is 0.0958. The van der Waals surface area contributed by atoms with E-state index >= 15 is 0 Å². The summed E-state index contributed by atoms with van der Waals surface area (Å²) in [4.78, 5) is 16.5. The third-order valence-electron chi connectivity index (χ3n) is 2.90. The van der Waals surface area contributed by atoms with E-state index in [1.54, 1.807) is 0 Å². The van der Waals surface area contributed by atoms with E-state index in [1.807, 2.05) is 13.8 Å². The molecule has 1 heterocycles. The average Bonchev–Trinajstić information content (AvgIpc) is 3.03. The number of nitrogens with one attached hydrogen (secondary N) is 2. The van der Waals surface area contributed by atoms with Crippen molar-refractivity contribution >= 4 is 17.2 Å². The van der Waals surface area contributed by atoms with Gasteiger partial charge < -0.3 is 20.5 Å². The number of ether oxygens (including phenoxy) is 1. The van der Waals surface area contributed by atoms with E-state index < -0.39 is 6.10 Å². The molecule has 0 aliphatic heterocycles. The first-order chi connectivity index (χ1) is 11.5. The summed E-state index contributed by atoms with van der Waals surface area (Å²) in [5.41, 5.74) is 0. The second-order valence-corrected chi connectivity index (χ2v) is 6.62. The number of unbranched alkanes of at least 4 members (excludes halogenated alkanes) is 1. The number of rotatable bonds is 10. The first-order valence-electron chi connectivity index (χ1n) is 8.27. The topological polar surface area (TPSA) is 83.5 Å². The zero-order valence-electron chi connectivity index (χ0n) is 14.6. The van der Waals surface area contributed by atoms with Crippen LogP contribution in [0, 0.1) is 11.8 Å². The highest BCUT2D eigenvalue weighted by Gasteiger charge is 2.12. The Hall–Kier alpha value is -1.62. The van der Waals surface area contributed by atoms with Crippen molar-refractivity contribution in [3.63, 3.8) is 0 Å². The molecule has 1 rings (SSSR count). The first kappa shape index (κ1) is 20.4. The first-order valence-corrected chi connectivity index (χ1v) is 9.08. The summed E-state index contributed by atoms with van der Waals surface area (Å²) in [6, 6.07) is 0.307. The van der Waals surface area contributed by atoms with Crippen LogP contribution in [0.1, 0.15) is 49.7 Å². The van der Waals surface area contributed by atoms with Crippen molar-refractivity contribution in [1.82, 2.24) is 15.6 Å². The van der Waals surface area contributed by atoms with Gasteiger partial charge in [0.15, 0.2) is 0 Å². The third kappa shape index (κ3) is 8.87. The average molecular weight is 353 g/mol. The molecule has 24 heavy (non-hydrogen) atoms. The molecule has 1 atom stereocenters. The molecule has 0 bridgehead atoms. The lowest BCUT2D eigenvalue weighted by Gasteiger charge is -2.13. The van der Waals surface area contributed by atoms with Crippen molar-refractivity contribution in [3.05, 3.63) is 11.1 Å². The number of thiazole rings is 1. The van der Waals surface area contributed by atoms with Gasteiger partial charge >= 0.3 is 0 Å². The standard InChI is InChI=1S/C17H27N3O3S/c1-4-5-6-7-8-9-18-16(22)15-11-20-17(24-15)23-12-14(21)10-19-13(2)3/h11,13-14,19,21H,4-5,8-10,12H2,1-3H3,(H,18,22). The highest BCUT2D eigenvalue weighted by Crippen LogP contribution is 2.20. The molecule has 0 saturated carbocycles. The van der Waals surface area contributed by atoms with Gasteiger partial charge in [-0.15, -0.1) is 11.8 Å². The lowest BCUT2D eigenvalue weighted by Crippen LogP contribution is -2.35. The maximum absolute atomic E-state index is 12.0. The van der Waals surface area contributed by atoms with E-state index in [9.17, 15) is 9.90 Å². The zero-order chi connectivity index (χ0) is 17.8. The highest BCUT2D eigenvalue weighted by atomic mass is 32.1. The number of carbonyl (C=O) groups is 1. The molecule has 0 radical (unpaired) electrons. The summed E-state index contributed by atoms with van der Waals surface area (Å²) in [6.07, 6.45) is 3.45. The van der Waals surface area contributed by atoms with Gasteiger partial charge in [-0.05, 0) is 6.42 Å². The van der Waals surface area contributed by atoms with E-state index in [4.69, 9.17) is 4.74 Å². The second-order valence-electron chi connectivity index (χ2n) is 5.63. The summed E-state index contributed by atoms with van der Waals surface area (Å²) in [5.74, 6) is 5.87. The molecule has 0 fully saturated rings. The summed E-state index contributed by atoms with van der Waals surface area (Å²) in [6.45, 7) is 7.21. The van der Waals surface area contributed by atoms with Crippen LogP contribution in [-0.4, -0.2) is 47.8 Å². The Labute approximate surface area is 148 Å². The maximum atomic E-state index is 12.0. The predicted molar refractivity (Wildman–Crippen MR) is 96.4 cm³/mol. The molecular weight excluding hydrogens is 326 g/mol. The molecule has 7 heteroatoms. The Balaban J connectivity index is 2.29. The minimum atomic E-state index is -0.615. The Morgan fingerprint density at radius 1 is 1.42 bits per heavy atom. The van der Waals surface area contributed by atoms with Crippen molar-refractivity contribution in [3.8, 4) is 17.0 Å². The van der Waals surface area contributed by atoms with Crippen LogP contribution in [0.25, 0.3) is 0 Å². The summed E-state index contributed by atoms with van der Waals surface area (Å²) in [5, 5.41) is 16.1. The van der Waals surface area contributed by atoms with Gasteiger partial charge in [-0.25, -0.2) is 4.98 Å². The number of hydrogen-bond acceptors (Lipinski definition) is 6. The smallest absolute Gasteiger partial charge is 0.273 e. The highest BCUT2D eigenvalue weighted by molar-refractivity contribution is 7.15. The fourth-order valence-electron chi connectivity index (χ4n) is 1.66. The van der Waals surface area contributed by atoms with Crippen molar-refractivity contribution in [1.29, 1.82) is 0 Å². The molecule has 0 saturated heterocycles. The van der Waals surface area contributed by atoms with Crippen LogP contribution in [-0.2, 0) is 0 Å². The SMILES string of the molecule is CCCC#CCCNC(=O)c1cnc(OCC(O)CNC(C)C)s1. The van der Waals surface area contributed by atoms with Gasteiger partial charge in [0.1, 0.15) is 17.6 Å². The fraction of sp³-hybridized carbons (Fsp3) is 0.647. The Morgan fingerprint density at radius 3 is 2.88 bits per heavy atom.